The fraction of sp³-hybridized carbons (Fsp3) is 0.500. The fourth-order valence-electron chi connectivity index (χ4n) is 0. The van der Waals surface area contributed by atoms with Gasteiger partial charge in [-0.15, -0.1) is 0 Å². The van der Waals surface area contributed by atoms with E-state index in [0.29, 0.717) is 0 Å². The summed E-state index contributed by atoms with van der Waals surface area (Å²) < 4.78 is 0. The summed E-state index contributed by atoms with van der Waals surface area (Å²) in [6.45, 7) is -0.778. The Hall–Kier alpha value is -0.454. The zero-order chi connectivity index (χ0) is 8.57. The van der Waals surface area contributed by atoms with Crippen molar-refractivity contribution in [2.75, 3.05) is 13.1 Å². The molecular formula is C4H12MgN2O6. The van der Waals surface area contributed by atoms with Crippen molar-refractivity contribution in [2.24, 2.45) is 11.5 Å². The third kappa shape index (κ3) is 83.7. The molecule has 0 spiro atoms. The first kappa shape index (κ1) is 29.4. The van der Waals surface area contributed by atoms with Crippen LogP contribution in [0.4, 0.5) is 0 Å². The predicted octanol–water partition coefficient (Wildman–Crippen LogP) is -6.64. The number of rotatable bonds is 2. The molecule has 13 heavy (non-hydrogen) atoms. The van der Waals surface area contributed by atoms with Crippen molar-refractivity contribution in [1.29, 1.82) is 0 Å². The number of hydrogen-bond acceptors (Lipinski definition) is 6. The summed E-state index contributed by atoms with van der Waals surface area (Å²) in [5.74, 6) is -2.44. The Morgan fingerprint density at radius 2 is 1.00 bits per heavy atom. The molecule has 8 nitrogen and oxygen atoms in total. The number of nitrogens with two attached hydrogens (primary N) is 2. The first-order valence-electron chi connectivity index (χ1n) is 2.34. The third-order valence-corrected chi connectivity index (χ3v) is 0.333. The van der Waals surface area contributed by atoms with E-state index in [-0.39, 0.29) is 47.1 Å². The van der Waals surface area contributed by atoms with E-state index in [0.717, 1.165) is 0 Å². The number of hydrogen-bond donors (Lipinski definition) is 2. The van der Waals surface area contributed by atoms with Gasteiger partial charge in [-0.1, -0.05) is 0 Å². The Labute approximate surface area is 90.7 Å². The molecule has 0 aliphatic heterocycles. The summed E-state index contributed by atoms with van der Waals surface area (Å²) in [7, 11) is 0. The Bertz CT molecular complexity index is 107. The van der Waals surface area contributed by atoms with Gasteiger partial charge in [0.1, 0.15) is 0 Å². The molecule has 0 aliphatic carbocycles. The number of carboxylic acids is 2. The van der Waals surface area contributed by atoms with Gasteiger partial charge in [0, 0.05) is 13.1 Å². The van der Waals surface area contributed by atoms with E-state index in [9.17, 15) is 0 Å². The Morgan fingerprint density at radius 3 is 1.00 bits per heavy atom. The minimum atomic E-state index is -1.22. The van der Waals surface area contributed by atoms with Crippen LogP contribution in [-0.2, 0) is 9.59 Å². The van der Waals surface area contributed by atoms with E-state index in [1.807, 2.05) is 0 Å². The van der Waals surface area contributed by atoms with Crippen molar-refractivity contribution in [1.82, 2.24) is 0 Å². The van der Waals surface area contributed by atoms with Gasteiger partial charge in [0.15, 0.2) is 0 Å². The first-order valence-corrected chi connectivity index (χ1v) is 2.34. The average molecular weight is 208 g/mol. The van der Waals surface area contributed by atoms with Gasteiger partial charge in [-0.25, -0.2) is 0 Å². The summed E-state index contributed by atoms with van der Waals surface area (Å²) in [5, 5.41) is 18.3. The Balaban J connectivity index is -0.0000000267. The molecule has 0 radical (unpaired) electrons. The third-order valence-electron chi connectivity index (χ3n) is 0.333. The maximum absolute atomic E-state index is 9.13. The maximum atomic E-state index is 9.13. The van der Waals surface area contributed by atoms with E-state index in [4.69, 9.17) is 19.8 Å². The second kappa shape index (κ2) is 22.6. The van der Waals surface area contributed by atoms with Crippen LogP contribution in [0.15, 0.2) is 0 Å². The molecule has 0 unspecified atom stereocenters. The van der Waals surface area contributed by atoms with Gasteiger partial charge in [0.2, 0.25) is 0 Å². The quantitative estimate of drug-likeness (QED) is 0.423. The minimum Gasteiger partial charge on any atom is -0.549 e. The number of aliphatic carboxylic acids is 2. The molecule has 0 heterocycles. The number of carbonyl (C=O) groups is 2. The van der Waals surface area contributed by atoms with E-state index in [2.05, 4.69) is 11.5 Å². The summed E-state index contributed by atoms with van der Waals surface area (Å²) in [5.41, 5.74) is 9.02. The summed E-state index contributed by atoms with van der Waals surface area (Å²) in [6, 6.07) is 0. The van der Waals surface area contributed by atoms with Crippen molar-refractivity contribution < 1.29 is 30.8 Å². The molecule has 0 aromatic heterocycles. The van der Waals surface area contributed by atoms with Crippen LogP contribution in [0.2, 0.25) is 0 Å². The Kier molecular flexibility index (Phi) is 51.0. The molecular weight excluding hydrogens is 196 g/mol. The first-order chi connectivity index (χ1) is 4.54. The molecule has 0 rings (SSSR count). The van der Waals surface area contributed by atoms with Crippen LogP contribution in [0.3, 0.4) is 0 Å². The normalized spacial score (nSPS) is 5.69. The van der Waals surface area contributed by atoms with Gasteiger partial charge in [-0.05, 0) is 0 Å². The maximum Gasteiger partial charge on any atom is 2.00 e. The van der Waals surface area contributed by atoms with Crippen LogP contribution < -0.4 is 21.7 Å². The van der Waals surface area contributed by atoms with E-state index in [1.165, 1.54) is 0 Å². The monoisotopic (exact) mass is 208 g/mol. The molecule has 0 fully saturated rings. The van der Waals surface area contributed by atoms with Gasteiger partial charge in [-0.2, -0.15) is 0 Å². The van der Waals surface area contributed by atoms with Crippen molar-refractivity contribution in [2.45, 2.75) is 0 Å². The second-order valence-electron chi connectivity index (χ2n) is 1.15. The van der Waals surface area contributed by atoms with Crippen molar-refractivity contribution >= 4 is 35.0 Å². The molecule has 0 amide bonds. The van der Waals surface area contributed by atoms with Gasteiger partial charge < -0.3 is 42.2 Å². The summed E-state index contributed by atoms with van der Waals surface area (Å²) in [4.78, 5) is 18.3. The molecule has 0 aliphatic rings. The molecule has 0 saturated heterocycles. The molecule has 9 heteroatoms. The minimum absolute atomic E-state index is 0. The molecule has 0 aromatic rings. The van der Waals surface area contributed by atoms with Gasteiger partial charge in [0.25, 0.3) is 0 Å². The Morgan fingerprint density at radius 1 is 0.923 bits per heavy atom. The van der Waals surface area contributed by atoms with Crippen molar-refractivity contribution in [3.63, 3.8) is 0 Å². The fourth-order valence-corrected chi connectivity index (χ4v) is 0. The molecule has 8 N–H and O–H groups in total. The van der Waals surface area contributed by atoms with Crippen LogP contribution in [0.1, 0.15) is 0 Å². The summed E-state index contributed by atoms with van der Waals surface area (Å²) >= 11 is 0. The van der Waals surface area contributed by atoms with Gasteiger partial charge in [0.05, 0.1) is 11.9 Å². The van der Waals surface area contributed by atoms with E-state index >= 15 is 0 Å². The topological polar surface area (TPSA) is 195 Å². The van der Waals surface area contributed by atoms with Crippen LogP contribution in [-0.4, -0.2) is 59.0 Å². The van der Waals surface area contributed by atoms with Gasteiger partial charge >= 0.3 is 23.1 Å². The van der Waals surface area contributed by atoms with Crippen molar-refractivity contribution in [3.8, 4) is 0 Å². The predicted molar refractivity (Wildman–Crippen MR) is 41.1 cm³/mol. The largest absolute Gasteiger partial charge is 2.00 e. The number of carboxylic acid groups (broad SMARTS) is 2. The average Bonchev–Trinajstić information content (AvgIpc) is 1.89. The van der Waals surface area contributed by atoms with Crippen LogP contribution in [0.5, 0.6) is 0 Å². The molecule has 0 atom stereocenters. The number of carbonyl (C=O) groups excluding carboxylic acids is 2. The second-order valence-corrected chi connectivity index (χ2v) is 1.15. The molecule has 76 valence electrons. The van der Waals surface area contributed by atoms with Crippen LogP contribution in [0.25, 0.3) is 0 Å². The smallest absolute Gasteiger partial charge is 0.549 e. The summed E-state index contributed by atoms with van der Waals surface area (Å²) in [6.07, 6.45) is 0. The molecule has 0 bridgehead atoms. The van der Waals surface area contributed by atoms with Crippen LogP contribution >= 0.6 is 0 Å². The SMILES string of the molecule is NCC(=O)[O-].NCC(=O)[O-].O.O.[Mg+2]. The molecule has 0 saturated carbocycles. The van der Waals surface area contributed by atoms with Crippen molar-refractivity contribution in [3.05, 3.63) is 0 Å². The van der Waals surface area contributed by atoms with Crippen LogP contribution in [0, 0.1) is 0 Å². The van der Waals surface area contributed by atoms with Gasteiger partial charge in [-0.3, -0.25) is 0 Å². The zero-order valence-electron chi connectivity index (χ0n) is 6.91. The standard InChI is InChI=1S/2C2H5NO2.Mg.2H2O/c2*3-1-2(4)5;;;/h2*1,3H2,(H,4,5);;2*1H2/q;;+2;;/p-2. The van der Waals surface area contributed by atoms with E-state index < -0.39 is 11.9 Å². The van der Waals surface area contributed by atoms with E-state index in [1.54, 1.807) is 0 Å². The zero-order valence-corrected chi connectivity index (χ0v) is 8.32. The molecule has 0 aromatic carbocycles.